The Morgan fingerprint density at radius 1 is 1.11 bits per heavy atom. The first kappa shape index (κ1) is 28.4. The number of piperidine rings is 1. The van der Waals surface area contributed by atoms with Crippen molar-refractivity contribution in [2.24, 2.45) is 17.3 Å². The Bertz CT molecular complexity index is 1080. The van der Waals surface area contributed by atoms with Crippen molar-refractivity contribution in [2.45, 2.75) is 77.4 Å². The molecule has 5 nitrogen and oxygen atoms in total. The van der Waals surface area contributed by atoms with E-state index in [1.807, 2.05) is 30.8 Å². The number of nitrogens with one attached hydrogen (secondary N) is 1. The van der Waals surface area contributed by atoms with E-state index in [9.17, 15) is 31.1 Å². The smallest absolute Gasteiger partial charge is 0.352 e. The zero-order valence-electron chi connectivity index (χ0n) is 21.7. The molecule has 38 heavy (non-hydrogen) atoms. The van der Waals surface area contributed by atoms with Crippen LogP contribution in [0.3, 0.4) is 0 Å². The summed E-state index contributed by atoms with van der Waals surface area (Å²) in [6.45, 7) is 7.42. The lowest BCUT2D eigenvalue weighted by Crippen LogP contribution is -2.47. The van der Waals surface area contributed by atoms with Gasteiger partial charge in [-0.25, -0.2) is 0 Å². The van der Waals surface area contributed by atoms with Crippen molar-refractivity contribution in [1.29, 1.82) is 0 Å². The molecule has 1 aromatic heterocycles. The van der Waals surface area contributed by atoms with E-state index in [1.54, 1.807) is 6.20 Å². The molecular weight excluding hydrogens is 510 g/mol. The Kier molecular flexibility index (Phi) is 7.89. The van der Waals surface area contributed by atoms with E-state index in [0.29, 0.717) is 36.9 Å². The molecule has 2 heterocycles. The van der Waals surface area contributed by atoms with E-state index in [0.717, 1.165) is 25.9 Å². The number of halogens is 6. The summed E-state index contributed by atoms with van der Waals surface area (Å²) in [5.74, 6) is 0.00879. The summed E-state index contributed by atoms with van der Waals surface area (Å²) in [5.41, 5.74) is -3.74. The third-order valence-electron chi connectivity index (χ3n) is 8.45. The number of nitrogens with zero attached hydrogens (tertiary/aromatic N) is 3. The number of rotatable bonds is 6. The Labute approximate surface area is 218 Å². The summed E-state index contributed by atoms with van der Waals surface area (Å²) in [7, 11) is 0. The zero-order valence-corrected chi connectivity index (χ0v) is 21.7. The Morgan fingerprint density at radius 2 is 1.76 bits per heavy atom. The van der Waals surface area contributed by atoms with E-state index >= 15 is 0 Å². The van der Waals surface area contributed by atoms with Gasteiger partial charge in [0.15, 0.2) is 0 Å². The normalized spacial score (nSPS) is 27.2. The fourth-order valence-electron chi connectivity index (χ4n) is 6.20. The maximum absolute atomic E-state index is 13.5. The number of hydrogen-bond donors (Lipinski definition) is 1. The molecule has 0 bridgehead atoms. The molecule has 1 aliphatic carbocycles. The van der Waals surface area contributed by atoms with Gasteiger partial charge in [-0.3, -0.25) is 14.4 Å². The van der Waals surface area contributed by atoms with E-state index in [2.05, 4.69) is 22.2 Å². The van der Waals surface area contributed by atoms with Gasteiger partial charge in [0.25, 0.3) is 0 Å². The molecule has 2 aliphatic rings. The molecule has 210 valence electrons. The molecule has 0 radical (unpaired) electrons. The number of benzene rings is 1. The Hall–Kier alpha value is -2.56. The van der Waals surface area contributed by atoms with Crippen molar-refractivity contribution in [1.82, 2.24) is 20.0 Å². The summed E-state index contributed by atoms with van der Waals surface area (Å²) in [6, 6.07) is 3.85. The van der Waals surface area contributed by atoms with Crippen molar-refractivity contribution >= 4 is 5.91 Å². The van der Waals surface area contributed by atoms with Crippen LogP contribution in [0.25, 0.3) is 0 Å². The molecule has 1 saturated heterocycles. The zero-order chi connectivity index (χ0) is 27.9. The van der Waals surface area contributed by atoms with Crippen LogP contribution >= 0.6 is 0 Å². The SMILES string of the molecule is CC1CN(C2CC[C@](C(=O)NCc3cc(C(F)(F)F)cc(C(F)(F)F)c3)(C(C)C)C2)CCC1n1cccn1. The number of likely N-dealkylation sites (tertiary alicyclic amines) is 1. The van der Waals surface area contributed by atoms with E-state index in [1.165, 1.54) is 0 Å². The number of carbonyl (C=O) groups excluding carboxylic acids is 1. The molecule has 1 N–H and O–H groups in total. The summed E-state index contributed by atoms with van der Waals surface area (Å²) in [4.78, 5) is 15.9. The fraction of sp³-hybridized carbons (Fsp3) is 0.630. The van der Waals surface area contributed by atoms with Crippen LogP contribution in [0.2, 0.25) is 0 Å². The maximum Gasteiger partial charge on any atom is 0.416 e. The number of hydrogen-bond acceptors (Lipinski definition) is 3. The van der Waals surface area contributed by atoms with Gasteiger partial charge in [0.2, 0.25) is 5.91 Å². The second kappa shape index (κ2) is 10.5. The van der Waals surface area contributed by atoms with Crippen LogP contribution < -0.4 is 5.32 Å². The third-order valence-corrected chi connectivity index (χ3v) is 8.45. The number of alkyl halides is 6. The van der Waals surface area contributed by atoms with Crippen molar-refractivity contribution in [3.63, 3.8) is 0 Å². The quantitative estimate of drug-likeness (QED) is 0.434. The molecular formula is C27H34F6N4O. The Morgan fingerprint density at radius 3 is 2.29 bits per heavy atom. The summed E-state index contributed by atoms with van der Waals surface area (Å²) < 4.78 is 81.4. The second-order valence-corrected chi connectivity index (χ2v) is 11.1. The molecule has 1 saturated carbocycles. The highest BCUT2D eigenvalue weighted by Gasteiger charge is 2.49. The van der Waals surface area contributed by atoms with Gasteiger partial charge in [-0.05, 0) is 67.3 Å². The van der Waals surface area contributed by atoms with Gasteiger partial charge in [-0.2, -0.15) is 31.4 Å². The molecule has 2 aromatic rings. The average Bonchev–Trinajstić information content (AvgIpc) is 3.52. The van der Waals surface area contributed by atoms with Crippen molar-refractivity contribution < 1.29 is 31.1 Å². The molecule has 4 atom stereocenters. The van der Waals surface area contributed by atoms with Gasteiger partial charge in [0, 0.05) is 38.1 Å². The maximum atomic E-state index is 13.5. The number of carbonyl (C=O) groups is 1. The molecule has 3 unspecified atom stereocenters. The third kappa shape index (κ3) is 5.87. The van der Waals surface area contributed by atoms with Gasteiger partial charge < -0.3 is 5.32 Å². The van der Waals surface area contributed by atoms with E-state index in [4.69, 9.17) is 0 Å². The first-order valence-electron chi connectivity index (χ1n) is 13.0. The van der Waals surface area contributed by atoms with Crippen molar-refractivity contribution in [3.05, 3.63) is 53.3 Å². The first-order valence-corrected chi connectivity index (χ1v) is 13.0. The van der Waals surface area contributed by atoms with E-state index in [-0.39, 0.29) is 29.5 Å². The highest BCUT2D eigenvalue weighted by Crippen LogP contribution is 2.47. The lowest BCUT2D eigenvalue weighted by atomic mass is 9.74. The largest absolute Gasteiger partial charge is 0.416 e. The van der Waals surface area contributed by atoms with Gasteiger partial charge in [-0.1, -0.05) is 20.8 Å². The molecule has 1 aliphatic heterocycles. The van der Waals surface area contributed by atoms with Gasteiger partial charge >= 0.3 is 12.4 Å². The van der Waals surface area contributed by atoms with Crippen LogP contribution in [0.5, 0.6) is 0 Å². The van der Waals surface area contributed by atoms with Crippen LogP contribution in [-0.2, 0) is 23.7 Å². The second-order valence-electron chi connectivity index (χ2n) is 11.1. The monoisotopic (exact) mass is 544 g/mol. The van der Waals surface area contributed by atoms with Crippen LogP contribution in [0.1, 0.15) is 69.2 Å². The number of aromatic nitrogens is 2. The predicted octanol–water partition coefficient (Wildman–Crippen LogP) is 6.31. The van der Waals surface area contributed by atoms with Gasteiger partial charge in [0.1, 0.15) is 0 Å². The number of amides is 1. The molecule has 11 heteroatoms. The minimum Gasteiger partial charge on any atom is -0.352 e. The lowest BCUT2D eigenvalue weighted by Gasteiger charge is -2.41. The minimum atomic E-state index is -4.93. The topological polar surface area (TPSA) is 50.2 Å². The Balaban J connectivity index is 1.44. The van der Waals surface area contributed by atoms with Crippen LogP contribution in [0.15, 0.2) is 36.7 Å². The highest BCUT2D eigenvalue weighted by atomic mass is 19.4. The summed E-state index contributed by atoms with van der Waals surface area (Å²) >= 11 is 0. The minimum absolute atomic E-state index is 0.0428. The molecule has 1 aromatic carbocycles. The molecule has 1 amide bonds. The van der Waals surface area contributed by atoms with Crippen LogP contribution in [-0.4, -0.2) is 39.7 Å². The van der Waals surface area contributed by atoms with Crippen LogP contribution in [0.4, 0.5) is 26.3 Å². The highest BCUT2D eigenvalue weighted by molar-refractivity contribution is 5.83. The lowest BCUT2D eigenvalue weighted by molar-refractivity contribution is -0.143. The summed E-state index contributed by atoms with van der Waals surface area (Å²) in [6.07, 6.45) is -3.14. The molecule has 0 spiro atoms. The standard InChI is InChI=1S/C27H34F6N4O/c1-17(2)25(7-5-22(14-25)36-10-6-23(18(3)16-36)37-9-4-8-35-37)24(38)34-15-19-11-20(26(28,29)30)13-21(12-19)27(31,32)33/h4,8-9,11-13,17-18,22-23H,5-7,10,14-16H2,1-3H3,(H,34,38)/t18?,22?,23?,25-/m1/s1. The fourth-order valence-corrected chi connectivity index (χ4v) is 6.20. The van der Waals surface area contributed by atoms with Crippen molar-refractivity contribution in [3.8, 4) is 0 Å². The van der Waals surface area contributed by atoms with Gasteiger partial charge in [0.05, 0.1) is 22.6 Å². The first-order chi connectivity index (χ1) is 17.7. The molecule has 2 fully saturated rings. The average molecular weight is 545 g/mol. The van der Waals surface area contributed by atoms with Crippen LogP contribution in [0, 0.1) is 17.3 Å². The van der Waals surface area contributed by atoms with Gasteiger partial charge in [-0.15, -0.1) is 0 Å². The summed E-state index contributed by atoms with van der Waals surface area (Å²) in [5, 5.41) is 7.06. The van der Waals surface area contributed by atoms with Crippen molar-refractivity contribution in [2.75, 3.05) is 13.1 Å². The molecule has 4 rings (SSSR count). The predicted molar refractivity (Wildman–Crippen MR) is 130 cm³/mol. The van der Waals surface area contributed by atoms with E-state index < -0.39 is 35.4 Å².